The molecule has 42 heavy (non-hydrogen) atoms. The van der Waals surface area contributed by atoms with Gasteiger partial charge in [-0.3, -0.25) is 5.32 Å². The van der Waals surface area contributed by atoms with E-state index in [9.17, 15) is 31.1 Å². The van der Waals surface area contributed by atoms with Crippen molar-refractivity contribution in [3.63, 3.8) is 0 Å². The quantitative estimate of drug-likeness (QED) is 0.111. The molecule has 0 saturated carbocycles. The fourth-order valence-electron chi connectivity index (χ4n) is 3.76. The molecule has 0 fully saturated rings. The van der Waals surface area contributed by atoms with E-state index in [4.69, 9.17) is 14.2 Å². The van der Waals surface area contributed by atoms with E-state index in [1.165, 1.54) is 18.2 Å². The topological polar surface area (TPSA) is 83.8 Å². The Labute approximate surface area is 237 Å². The Kier molecular flexibility index (Phi) is 9.31. The van der Waals surface area contributed by atoms with E-state index in [2.05, 4.69) is 28.1 Å². The number of carbonyl (C=O) groups excluding carboxylic acids is 1. The summed E-state index contributed by atoms with van der Waals surface area (Å²) in [6.07, 6.45) is -9.06. The lowest BCUT2D eigenvalue weighted by molar-refractivity contribution is -0.275. The van der Waals surface area contributed by atoms with Crippen molar-refractivity contribution >= 4 is 31.6 Å². The summed E-state index contributed by atoms with van der Waals surface area (Å²) in [5.74, 6) is -1.73. The first kappa shape index (κ1) is 30.7. The van der Waals surface area contributed by atoms with Crippen LogP contribution in [0, 0.1) is 0 Å². The van der Waals surface area contributed by atoms with Crippen molar-refractivity contribution < 1.29 is 50.1 Å². The van der Waals surface area contributed by atoms with Crippen molar-refractivity contribution in [3.8, 4) is 23.0 Å². The van der Waals surface area contributed by atoms with Crippen LogP contribution in [0.4, 0.5) is 36.8 Å². The normalized spacial score (nSPS) is 12.0. The molecule has 4 aromatic rings. The summed E-state index contributed by atoms with van der Waals surface area (Å²) in [5, 5.41) is 1.79. The van der Waals surface area contributed by atoms with Gasteiger partial charge in [-0.1, -0.05) is 31.3 Å². The fourth-order valence-corrected chi connectivity index (χ4v) is 4.31. The van der Waals surface area contributed by atoms with Gasteiger partial charge in [0.1, 0.15) is 23.9 Å². The smallest absolute Gasteiger partial charge is 0.453 e. The van der Waals surface area contributed by atoms with Crippen LogP contribution in [0.5, 0.6) is 23.0 Å². The summed E-state index contributed by atoms with van der Waals surface area (Å²) >= 11 is 0. The van der Waals surface area contributed by atoms with Crippen LogP contribution in [0.2, 0.25) is 19.1 Å². The number of ether oxygens (including phenoxy) is 4. The Morgan fingerprint density at radius 1 is 0.976 bits per heavy atom. The number of nitrogens with zero attached hydrogens (tertiary/aromatic N) is 2. The van der Waals surface area contributed by atoms with Crippen LogP contribution in [-0.4, -0.2) is 37.4 Å². The maximum Gasteiger partial charge on any atom is 0.573 e. The van der Waals surface area contributed by atoms with Crippen LogP contribution in [0.15, 0.2) is 67.0 Å². The van der Waals surface area contributed by atoms with Gasteiger partial charge in [0.25, 0.3) is 0 Å². The third-order valence-electron chi connectivity index (χ3n) is 5.59. The number of rotatable bonds is 10. The number of carbonyl (C=O) groups is 1. The number of amides is 1. The van der Waals surface area contributed by atoms with Gasteiger partial charge in [-0.25, -0.2) is 9.78 Å². The molecule has 1 radical (unpaired) electrons. The van der Waals surface area contributed by atoms with Gasteiger partial charge in [-0.2, -0.15) is 13.2 Å². The molecule has 223 valence electrons. The summed E-state index contributed by atoms with van der Waals surface area (Å²) in [6.45, 7) is 4.26. The molecule has 15 heteroatoms. The zero-order valence-electron chi connectivity index (χ0n) is 22.2. The van der Waals surface area contributed by atoms with E-state index in [1.54, 1.807) is 18.2 Å². The molecule has 0 aliphatic rings. The summed E-state index contributed by atoms with van der Waals surface area (Å²) in [7, 11) is -0.602. The van der Waals surface area contributed by atoms with Crippen molar-refractivity contribution in [3.05, 3.63) is 72.6 Å². The van der Waals surface area contributed by atoms with E-state index in [1.807, 2.05) is 0 Å². The minimum atomic E-state index is -5.19. The number of anilines is 1. The highest BCUT2D eigenvalue weighted by Crippen LogP contribution is 2.43. The van der Waals surface area contributed by atoms with Crippen LogP contribution >= 0.6 is 0 Å². The van der Waals surface area contributed by atoms with E-state index in [-0.39, 0.29) is 23.8 Å². The Balaban J connectivity index is 1.66. The van der Waals surface area contributed by atoms with Gasteiger partial charge in [0.05, 0.1) is 10.9 Å². The first-order chi connectivity index (χ1) is 19.8. The highest BCUT2D eigenvalue weighted by atomic mass is 28.3. The molecule has 0 unspecified atom stereocenters. The summed E-state index contributed by atoms with van der Waals surface area (Å²) in [4.78, 5) is 16.2. The number of nitrogens with one attached hydrogen (secondary N) is 1. The lowest BCUT2D eigenvalue weighted by atomic mass is 10.2. The van der Waals surface area contributed by atoms with Gasteiger partial charge >= 0.3 is 18.6 Å². The minimum absolute atomic E-state index is 0.140. The van der Waals surface area contributed by atoms with E-state index in [0.717, 1.165) is 41.2 Å². The van der Waals surface area contributed by atoms with Gasteiger partial charge in [-0.15, -0.1) is 13.2 Å². The number of pyridine rings is 1. The molecule has 0 spiro atoms. The van der Waals surface area contributed by atoms with Crippen LogP contribution < -0.4 is 19.5 Å². The Bertz CT molecular complexity index is 1530. The molecular weight excluding hydrogens is 588 g/mol. The van der Waals surface area contributed by atoms with E-state index < -0.39 is 55.6 Å². The van der Waals surface area contributed by atoms with Crippen molar-refractivity contribution in [2.75, 3.05) is 11.9 Å². The fraction of sp³-hybridized carbons (Fsp3) is 0.259. The maximum atomic E-state index is 14.0. The Morgan fingerprint density at radius 3 is 2.38 bits per heavy atom. The molecule has 0 atom stereocenters. The minimum Gasteiger partial charge on any atom is -0.453 e. The molecule has 4 rings (SSSR count). The molecule has 0 bridgehead atoms. The van der Waals surface area contributed by atoms with Crippen molar-refractivity contribution in [2.24, 2.45) is 0 Å². The number of hydrogen-bond acceptors (Lipinski definition) is 6. The molecule has 1 amide bonds. The third-order valence-corrected chi connectivity index (χ3v) is 6.79. The molecule has 1 N–H and O–H groups in total. The van der Waals surface area contributed by atoms with Gasteiger partial charge in [0, 0.05) is 39.6 Å². The maximum absolute atomic E-state index is 14.0. The highest BCUT2D eigenvalue weighted by Gasteiger charge is 2.37. The standard InChI is InChI=1S/C27H24F6N3O5Si/c1-42(2)13-12-38-16-36-15-19(26(28,29)30)23-21(10-11-34-24(23)36)40-20-9-8-17(14-22(20)41-27(31,32)33)35-25(37)39-18-6-4-3-5-7-18/h3-11,14-15H,12-13,16H2,1-2H3,(H,35,37). The largest absolute Gasteiger partial charge is 0.573 e. The number of alkyl halides is 6. The second-order valence-corrected chi connectivity index (χ2v) is 12.1. The number of aromatic nitrogens is 2. The van der Waals surface area contributed by atoms with Crippen LogP contribution in [-0.2, 0) is 17.6 Å². The number of para-hydroxylation sites is 1. The number of hydrogen-bond donors (Lipinski definition) is 1. The van der Waals surface area contributed by atoms with Crippen LogP contribution in [0.25, 0.3) is 11.0 Å². The SMILES string of the molecule is C[Si](C)CCOCn1cc(C(F)(F)F)c2c(Oc3ccc(NC(=O)Oc4ccccc4)cc3OC(F)(F)F)ccnc21. The van der Waals surface area contributed by atoms with Gasteiger partial charge in [0.2, 0.25) is 0 Å². The molecule has 0 aliphatic carbocycles. The van der Waals surface area contributed by atoms with Gasteiger partial charge < -0.3 is 23.5 Å². The Hall–Kier alpha value is -4.24. The lowest BCUT2D eigenvalue weighted by Crippen LogP contribution is -2.19. The number of fused-ring (bicyclic) bond motifs is 1. The zero-order chi connectivity index (χ0) is 30.5. The van der Waals surface area contributed by atoms with Crippen LogP contribution in [0.1, 0.15) is 5.56 Å². The second kappa shape index (κ2) is 12.7. The average molecular weight is 613 g/mol. The first-order valence-corrected chi connectivity index (χ1v) is 15.0. The predicted molar refractivity (Wildman–Crippen MR) is 142 cm³/mol. The number of benzene rings is 2. The van der Waals surface area contributed by atoms with Gasteiger partial charge in [-0.05, 0) is 36.4 Å². The molecule has 8 nitrogen and oxygen atoms in total. The monoisotopic (exact) mass is 612 g/mol. The summed E-state index contributed by atoms with van der Waals surface area (Å²) in [5.41, 5.74) is -1.41. The lowest BCUT2D eigenvalue weighted by Gasteiger charge is -2.16. The first-order valence-electron chi connectivity index (χ1n) is 12.3. The molecule has 2 aromatic carbocycles. The average Bonchev–Trinajstić information content (AvgIpc) is 3.28. The van der Waals surface area contributed by atoms with Crippen molar-refractivity contribution in [1.29, 1.82) is 0 Å². The third kappa shape index (κ3) is 8.16. The van der Waals surface area contributed by atoms with Crippen molar-refractivity contribution in [1.82, 2.24) is 9.55 Å². The summed E-state index contributed by atoms with van der Waals surface area (Å²) < 4.78 is 103. The second-order valence-electron chi connectivity index (χ2n) is 9.15. The molecular formula is C27H24F6N3O5Si. The predicted octanol–water partition coefficient (Wildman–Crippen LogP) is 8.09. The molecule has 0 saturated heterocycles. The van der Waals surface area contributed by atoms with Crippen molar-refractivity contribution in [2.45, 2.75) is 38.4 Å². The molecule has 2 aromatic heterocycles. The van der Waals surface area contributed by atoms with Gasteiger partial charge in [0.15, 0.2) is 11.5 Å². The summed E-state index contributed by atoms with van der Waals surface area (Å²) in [6, 6.07) is 12.7. The van der Waals surface area contributed by atoms with Crippen LogP contribution in [0.3, 0.4) is 0 Å². The Morgan fingerprint density at radius 2 is 1.71 bits per heavy atom. The molecule has 2 heterocycles. The highest BCUT2D eigenvalue weighted by molar-refractivity contribution is 6.55. The molecule has 0 aliphatic heterocycles. The zero-order valence-corrected chi connectivity index (χ0v) is 23.2. The van der Waals surface area contributed by atoms with E-state index in [0.29, 0.717) is 6.61 Å². The number of halogens is 6. The van der Waals surface area contributed by atoms with E-state index >= 15 is 0 Å².